The van der Waals surface area contributed by atoms with Crippen LogP contribution in [0.2, 0.25) is 0 Å². The third kappa shape index (κ3) is 6.23. The highest BCUT2D eigenvalue weighted by Crippen LogP contribution is 2.45. The lowest BCUT2D eigenvalue weighted by atomic mass is 9.99. The van der Waals surface area contributed by atoms with Gasteiger partial charge < -0.3 is 24.3 Å². The summed E-state index contributed by atoms with van der Waals surface area (Å²) in [5.41, 5.74) is 4.62. The van der Waals surface area contributed by atoms with Crippen molar-refractivity contribution in [2.45, 2.75) is 77.0 Å². The molecule has 7 rings (SSSR count). The molecule has 0 spiro atoms. The van der Waals surface area contributed by atoms with Crippen LogP contribution in [-0.2, 0) is 17.8 Å². The molecule has 0 radical (unpaired) electrons. The van der Waals surface area contributed by atoms with E-state index in [2.05, 4.69) is 83.4 Å². The fourth-order valence-corrected chi connectivity index (χ4v) is 8.94. The number of benzene rings is 2. The van der Waals surface area contributed by atoms with E-state index in [4.69, 9.17) is 21.3 Å². The summed E-state index contributed by atoms with van der Waals surface area (Å²) in [5.74, 6) is 2.56. The summed E-state index contributed by atoms with van der Waals surface area (Å²) in [6.07, 6.45) is 8.96. The van der Waals surface area contributed by atoms with Crippen molar-refractivity contribution < 1.29 is 9.53 Å². The summed E-state index contributed by atoms with van der Waals surface area (Å²) in [5, 5.41) is 2.53. The topological polar surface area (TPSA) is 69.4 Å². The van der Waals surface area contributed by atoms with E-state index in [1.165, 1.54) is 60.2 Å². The molecule has 1 saturated heterocycles. The summed E-state index contributed by atoms with van der Waals surface area (Å²) >= 11 is 0. The highest BCUT2D eigenvalue weighted by Gasteiger charge is 2.40. The molecular formula is C39H49N7O2. The van der Waals surface area contributed by atoms with Crippen molar-refractivity contribution in [2.24, 2.45) is 11.8 Å². The van der Waals surface area contributed by atoms with E-state index in [9.17, 15) is 4.79 Å². The van der Waals surface area contributed by atoms with Crippen LogP contribution in [-0.4, -0.2) is 90.2 Å². The van der Waals surface area contributed by atoms with E-state index < -0.39 is 0 Å². The van der Waals surface area contributed by atoms with Crippen LogP contribution in [0.1, 0.15) is 55.8 Å². The second-order valence-corrected chi connectivity index (χ2v) is 14.5. The number of piperazine rings is 1. The standard InChI is InChI=1S/C39H49N7O2/c1-6-36(47)46-19-18-45(23-32(46)22-40-4)38-33-16-17-44(35-15-9-12-28-11-7-10-26(2)37(28)35)24-34(33)41-39(42-38)48-25-27(3)43(5)31-20-29-13-8-14-30(29)21-31/h6-7,9-12,15,27,29-32H,1,8,13-14,16-25H2,2-3,5H3/t27-,29?,30?,31?,32-/m0/s1. The van der Waals surface area contributed by atoms with Crippen LogP contribution in [0.4, 0.5) is 11.5 Å². The number of likely N-dealkylation sites (N-methyl/N-ethyl adjacent to an activating group) is 1. The van der Waals surface area contributed by atoms with Crippen molar-refractivity contribution in [1.29, 1.82) is 0 Å². The molecule has 2 aliphatic heterocycles. The quantitative estimate of drug-likeness (QED) is 0.212. The molecule has 4 atom stereocenters. The summed E-state index contributed by atoms with van der Waals surface area (Å²) in [4.78, 5) is 35.5. The Labute approximate surface area is 285 Å². The molecule has 3 heterocycles. The van der Waals surface area contributed by atoms with Crippen LogP contribution in [0.5, 0.6) is 6.01 Å². The van der Waals surface area contributed by atoms with Gasteiger partial charge in [0.1, 0.15) is 18.5 Å². The number of anilines is 2. The van der Waals surface area contributed by atoms with Crippen LogP contribution >= 0.6 is 0 Å². The molecule has 2 aromatic carbocycles. The predicted octanol–water partition coefficient (Wildman–Crippen LogP) is 5.90. The maximum atomic E-state index is 12.7. The molecule has 9 nitrogen and oxygen atoms in total. The lowest BCUT2D eigenvalue weighted by molar-refractivity contribution is -0.128. The second kappa shape index (κ2) is 13.8. The zero-order valence-electron chi connectivity index (χ0n) is 28.8. The number of amides is 1. The minimum absolute atomic E-state index is 0.123. The molecule has 4 aliphatic rings. The first-order valence-corrected chi connectivity index (χ1v) is 17.8. The first-order valence-electron chi connectivity index (χ1n) is 17.8. The summed E-state index contributed by atoms with van der Waals surface area (Å²) in [7, 11) is 2.25. The number of carbonyl (C=O) groups excluding carboxylic acids is 1. The zero-order valence-corrected chi connectivity index (χ0v) is 28.8. The Morgan fingerprint density at radius 2 is 1.90 bits per heavy atom. The number of fused-ring (bicyclic) bond motifs is 3. The summed E-state index contributed by atoms with van der Waals surface area (Å²) in [6, 6.07) is 14.1. The molecular weight excluding hydrogens is 598 g/mol. The molecule has 1 aromatic heterocycles. The number of hydrogen-bond donors (Lipinski definition) is 0. The minimum Gasteiger partial charge on any atom is -0.462 e. The van der Waals surface area contributed by atoms with Crippen molar-refractivity contribution in [3.05, 3.63) is 77.3 Å². The van der Waals surface area contributed by atoms with Gasteiger partial charge in [-0.2, -0.15) is 9.97 Å². The summed E-state index contributed by atoms with van der Waals surface area (Å²) < 4.78 is 6.49. The third-order valence-corrected chi connectivity index (χ3v) is 11.7. The van der Waals surface area contributed by atoms with Crippen molar-refractivity contribution in [3.8, 4) is 6.01 Å². The lowest BCUT2D eigenvalue weighted by Gasteiger charge is -2.41. The molecule has 9 heteroatoms. The number of aryl methyl sites for hydroxylation is 1. The molecule has 3 fully saturated rings. The van der Waals surface area contributed by atoms with Crippen LogP contribution < -0.4 is 14.5 Å². The Morgan fingerprint density at radius 3 is 2.65 bits per heavy atom. The van der Waals surface area contributed by atoms with Crippen LogP contribution in [0.15, 0.2) is 49.1 Å². The highest BCUT2D eigenvalue weighted by atomic mass is 16.5. The molecule has 0 bridgehead atoms. The molecule has 3 aromatic rings. The van der Waals surface area contributed by atoms with Crippen molar-refractivity contribution in [2.75, 3.05) is 56.2 Å². The molecule has 2 saturated carbocycles. The maximum absolute atomic E-state index is 12.7. The van der Waals surface area contributed by atoms with Gasteiger partial charge in [-0.1, -0.05) is 56.2 Å². The van der Waals surface area contributed by atoms with Crippen molar-refractivity contribution in [3.63, 3.8) is 0 Å². The average Bonchev–Trinajstić information content (AvgIpc) is 3.73. The van der Waals surface area contributed by atoms with E-state index in [1.807, 2.05) is 0 Å². The number of hydrogen-bond acceptors (Lipinski definition) is 7. The smallest absolute Gasteiger partial charge is 0.318 e. The molecule has 1 amide bonds. The molecule has 0 N–H and O–H groups in total. The van der Waals surface area contributed by atoms with Crippen LogP contribution in [0.3, 0.4) is 0 Å². The van der Waals surface area contributed by atoms with Gasteiger partial charge in [0.15, 0.2) is 0 Å². The monoisotopic (exact) mass is 647 g/mol. The minimum atomic E-state index is -0.227. The molecule has 48 heavy (non-hydrogen) atoms. The van der Waals surface area contributed by atoms with Gasteiger partial charge in [0.2, 0.25) is 12.5 Å². The van der Waals surface area contributed by atoms with E-state index in [0.717, 1.165) is 41.9 Å². The van der Waals surface area contributed by atoms with E-state index in [-0.39, 0.29) is 24.5 Å². The van der Waals surface area contributed by atoms with Crippen molar-refractivity contribution in [1.82, 2.24) is 19.8 Å². The zero-order chi connectivity index (χ0) is 33.4. The predicted molar refractivity (Wildman–Crippen MR) is 191 cm³/mol. The van der Waals surface area contributed by atoms with Gasteiger partial charge in [0.05, 0.1) is 12.2 Å². The van der Waals surface area contributed by atoms with Gasteiger partial charge in [-0.05, 0) is 75.1 Å². The van der Waals surface area contributed by atoms with E-state index in [1.54, 1.807) is 4.90 Å². The molecule has 2 unspecified atom stereocenters. The van der Waals surface area contributed by atoms with Gasteiger partial charge in [0, 0.05) is 54.9 Å². The molecule has 2 aliphatic carbocycles. The second-order valence-electron chi connectivity index (χ2n) is 14.5. The Bertz CT molecular complexity index is 1700. The largest absolute Gasteiger partial charge is 0.462 e. The third-order valence-electron chi connectivity index (χ3n) is 11.7. The summed E-state index contributed by atoms with van der Waals surface area (Å²) in [6.45, 7) is 19.7. The van der Waals surface area contributed by atoms with Gasteiger partial charge in [0.25, 0.3) is 0 Å². The number of ether oxygens (including phenoxy) is 1. The van der Waals surface area contributed by atoms with Crippen LogP contribution in [0, 0.1) is 25.3 Å². The SMILES string of the molecule is [C-]#[N+]C[C@H]1CN(c2nc(OC[C@H](C)N(C)C3CC4CCCC4C3)nc3c2CCN(c2cccc4cccc(C)c24)C3)CCN1C(=O)C=C. The fraction of sp³-hybridized carbons (Fsp3) is 0.538. The van der Waals surface area contributed by atoms with Crippen LogP contribution in [0.25, 0.3) is 15.6 Å². The first kappa shape index (κ1) is 32.4. The van der Waals surface area contributed by atoms with Gasteiger partial charge in [-0.15, -0.1) is 0 Å². The maximum Gasteiger partial charge on any atom is 0.318 e. The van der Waals surface area contributed by atoms with Gasteiger partial charge in [-0.3, -0.25) is 9.69 Å². The van der Waals surface area contributed by atoms with Gasteiger partial charge in [-0.25, -0.2) is 6.57 Å². The average molecular weight is 648 g/mol. The van der Waals surface area contributed by atoms with Crippen molar-refractivity contribution >= 4 is 28.2 Å². The van der Waals surface area contributed by atoms with E-state index >= 15 is 0 Å². The molecule has 252 valence electrons. The number of aromatic nitrogens is 2. The number of nitrogens with zero attached hydrogens (tertiary/aromatic N) is 7. The Kier molecular flexibility index (Phi) is 9.28. The van der Waals surface area contributed by atoms with E-state index in [0.29, 0.717) is 44.8 Å². The fourth-order valence-electron chi connectivity index (χ4n) is 8.94. The Morgan fingerprint density at radius 1 is 1.12 bits per heavy atom. The Balaban J connectivity index is 1.17. The Hall–Kier alpha value is -4.16. The number of carbonyl (C=O) groups is 1. The highest BCUT2D eigenvalue weighted by molar-refractivity contribution is 5.97. The number of rotatable bonds is 9. The lowest BCUT2D eigenvalue weighted by Crippen LogP contribution is -2.56. The normalized spacial score (nSPS) is 24.4. The first-order chi connectivity index (χ1) is 23.3. The van der Waals surface area contributed by atoms with Gasteiger partial charge >= 0.3 is 6.01 Å².